The minimum Gasteiger partial charge on any atom is -0.435 e. The van der Waals surface area contributed by atoms with Crippen LogP contribution < -0.4 is 10.1 Å². The molecule has 0 spiro atoms. The Morgan fingerprint density at radius 2 is 1.97 bits per heavy atom. The number of rotatable bonds is 9. The van der Waals surface area contributed by atoms with Crippen LogP contribution in [0.5, 0.6) is 5.75 Å². The monoisotopic (exact) mass is 442 g/mol. The molecule has 1 aromatic heterocycles. The summed E-state index contributed by atoms with van der Waals surface area (Å²) in [5.74, 6) is -0.226. The molecule has 0 saturated carbocycles. The number of alkyl halides is 2. The Morgan fingerprint density at radius 3 is 2.72 bits per heavy atom. The number of aryl methyl sites for hydroxylation is 1. The smallest absolute Gasteiger partial charge is 0.387 e. The number of carbonyl (C=O) groups is 2. The van der Waals surface area contributed by atoms with E-state index < -0.39 is 12.7 Å². The van der Waals surface area contributed by atoms with Gasteiger partial charge in [0.15, 0.2) is 0 Å². The molecule has 2 aromatic carbocycles. The number of likely N-dealkylation sites (tertiary alicyclic amines) is 1. The molecule has 1 aliphatic heterocycles. The maximum Gasteiger partial charge on any atom is 0.387 e. The summed E-state index contributed by atoms with van der Waals surface area (Å²) in [7, 11) is 0. The van der Waals surface area contributed by atoms with Crippen molar-refractivity contribution in [2.75, 3.05) is 6.54 Å². The first-order valence-corrected chi connectivity index (χ1v) is 10.5. The molecule has 0 bridgehead atoms. The standard InChI is InChI=1S/C23H24F2N4O3/c24-23(25)32-18-8-6-16(7-9-18)14-29-20(10-11-21(29)30)22(31)26-12-3-13-28-15-17-4-1-2-5-19(17)27-28/h1-2,4-9,15,20,23H,3,10-14H2,(H,26,31). The molecule has 2 amide bonds. The first kappa shape index (κ1) is 21.7. The molecule has 4 rings (SSSR count). The van der Waals surface area contributed by atoms with Gasteiger partial charge in [0.1, 0.15) is 11.8 Å². The van der Waals surface area contributed by atoms with Crippen LogP contribution in [0.15, 0.2) is 54.7 Å². The van der Waals surface area contributed by atoms with Gasteiger partial charge in [-0.1, -0.05) is 30.3 Å². The second kappa shape index (κ2) is 9.76. The van der Waals surface area contributed by atoms with Gasteiger partial charge >= 0.3 is 6.61 Å². The van der Waals surface area contributed by atoms with Crippen LogP contribution in [0.3, 0.4) is 0 Å². The van der Waals surface area contributed by atoms with Gasteiger partial charge in [-0.05, 0) is 36.6 Å². The van der Waals surface area contributed by atoms with Crippen molar-refractivity contribution in [2.24, 2.45) is 0 Å². The molecule has 3 aromatic rings. The van der Waals surface area contributed by atoms with E-state index in [1.54, 1.807) is 17.0 Å². The van der Waals surface area contributed by atoms with Gasteiger partial charge in [-0.15, -0.1) is 0 Å². The number of nitrogens with zero attached hydrogens (tertiary/aromatic N) is 3. The molecule has 1 aliphatic rings. The largest absolute Gasteiger partial charge is 0.435 e. The normalized spacial score (nSPS) is 16.2. The zero-order valence-corrected chi connectivity index (χ0v) is 17.4. The number of amides is 2. The summed E-state index contributed by atoms with van der Waals surface area (Å²) in [6.07, 6.45) is 3.46. The Labute approximate surface area is 183 Å². The molecule has 7 nitrogen and oxygen atoms in total. The fourth-order valence-electron chi connectivity index (χ4n) is 3.88. The van der Waals surface area contributed by atoms with E-state index in [0.717, 1.165) is 16.5 Å². The van der Waals surface area contributed by atoms with Gasteiger partial charge in [0, 0.05) is 37.6 Å². The Hall–Kier alpha value is -3.49. The average molecular weight is 442 g/mol. The minimum absolute atomic E-state index is 0.0517. The summed E-state index contributed by atoms with van der Waals surface area (Å²) in [6.45, 7) is -1.49. The van der Waals surface area contributed by atoms with E-state index in [1.807, 2.05) is 35.1 Å². The van der Waals surface area contributed by atoms with Crippen molar-refractivity contribution in [2.45, 2.75) is 45.0 Å². The lowest BCUT2D eigenvalue weighted by atomic mass is 10.1. The predicted molar refractivity (Wildman–Crippen MR) is 114 cm³/mol. The highest BCUT2D eigenvalue weighted by Crippen LogP contribution is 2.23. The Balaban J connectivity index is 1.27. The van der Waals surface area contributed by atoms with Crippen molar-refractivity contribution >= 4 is 22.7 Å². The molecule has 32 heavy (non-hydrogen) atoms. The van der Waals surface area contributed by atoms with Crippen LogP contribution in [0.2, 0.25) is 0 Å². The van der Waals surface area contributed by atoms with E-state index >= 15 is 0 Å². The third-order valence-electron chi connectivity index (χ3n) is 5.46. The maximum absolute atomic E-state index is 12.7. The van der Waals surface area contributed by atoms with E-state index in [1.165, 1.54) is 12.1 Å². The molecule has 9 heteroatoms. The van der Waals surface area contributed by atoms with Gasteiger partial charge in [0.05, 0.1) is 5.52 Å². The first-order chi connectivity index (χ1) is 15.5. The summed E-state index contributed by atoms with van der Waals surface area (Å²) >= 11 is 0. The third-order valence-corrected chi connectivity index (χ3v) is 5.46. The summed E-state index contributed by atoms with van der Waals surface area (Å²) in [4.78, 5) is 26.5. The zero-order chi connectivity index (χ0) is 22.5. The van der Waals surface area contributed by atoms with Gasteiger partial charge in [-0.2, -0.15) is 13.9 Å². The van der Waals surface area contributed by atoms with Crippen molar-refractivity contribution in [1.82, 2.24) is 20.0 Å². The topological polar surface area (TPSA) is 76.5 Å². The Bertz CT molecular complexity index is 1050. The molecule has 0 aliphatic carbocycles. The number of carbonyl (C=O) groups excluding carboxylic acids is 2. The summed E-state index contributed by atoms with van der Waals surface area (Å²) in [5, 5.41) is 8.49. The molecule has 2 heterocycles. The number of ether oxygens (including phenoxy) is 1. The van der Waals surface area contributed by atoms with E-state index in [9.17, 15) is 18.4 Å². The van der Waals surface area contributed by atoms with Crippen molar-refractivity contribution in [1.29, 1.82) is 0 Å². The second-order valence-electron chi connectivity index (χ2n) is 7.69. The Kier molecular flexibility index (Phi) is 6.63. The van der Waals surface area contributed by atoms with Crippen molar-refractivity contribution in [3.63, 3.8) is 0 Å². The van der Waals surface area contributed by atoms with E-state index in [2.05, 4.69) is 15.2 Å². The summed E-state index contributed by atoms with van der Waals surface area (Å²) in [5.41, 5.74) is 1.68. The fraction of sp³-hybridized carbons (Fsp3) is 0.348. The van der Waals surface area contributed by atoms with Crippen LogP contribution in [-0.4, -0.2) is 45.7 Å². The lowest BCUT2D eigenvalue weighted by Crippen LogP contribution is -2.44. The summed E-state index contributed by atoms with van der Waals surface area (Å²) in [6, 6.07) is 13.4. The van der Waals surface area contributed by atoms with Crippen LogP contribution in [-0.2, 0) is 22.7 Å². The highest BCUT2D eigenvalue weighted by Gasteiger charge is 2.35. The van der Waals surface area contributed by atoms with Crippen LogP contribution in [0.1, 0.15) is 24.8 Å². The zero-order valence-electron chi connectivity index (χ0n) is 17.4. The van der Waals surface area contributed by atoms with Crippen LogP contribution in [0.25, 0.3) is 10.9 Å². The molecular weight excluding hydrogens is 418 g/mol. The van der Waals surface area contributed by atoms with Crippen molar-refractivity contribution in [3.8, 4) is 5.75 Å². The van der Waals surface area contributed by atoms with Gasteiger partial charge in [0.25, 0.3) is 0 Å². The van der Waals surface area contributed by atoms with Gasteiger partial charge in [-0.25, -0.2) is 0 Å². The maximum atomic E-state index is 12.7. The molecule has 1 atom stereocenters. The van der Waals surface area contributed by atoms with Crippen LogP contribution >= 0.6 is 0 Å². The third kappa shape index (κ3) is 5.22. The number of aromatic nitrogens is 2. The van der Waals surface area contributed by atoms with E-state index in [4.69, 9.17) is 0 Å². The number of halogens is 2. The highest BCUT2D eigenvalue weighted by molar-refractivity contribution is 5.90. The SMILES string of the molecule is O=C(NCCCn1cc2ccccc2n1)C1CCC(=O)N1Cc1ccc(OC(F)F)cc1. The number of nitrogens with one attached hydrogen (secondary N) is 1. The van der Waals surface area contributed by atoms with Crippen LogP contribution in [0, 0.1) is 0 Å². The van der Waals surface area contributed by atoms with E-state index in [-0.39, 0.29) is 24.1 Å². The molecule has 168 valence electrons. The van der Waals surface area contributed by atoms with Gasteiger partial charge in [0.2, 0.25) is 11.8 Å². The number of hydrogen-bond acceptors (Lipinski definition) is 4. The van der Waals surface area contributed by atoms with Crippen molar-refractivity contribution in [3.05, 3.63) is 60.3 Å². The number of hydrogen-bond donors (Lipinski definition) is 1. The molecule has 1 fully saturated rings. The van der Waals surface area contributed by atoms with Gasteiger partial charge < -0.3 is 15.0 Å². The second-order valence-corrected chi connectivity index (χ2v) is 7.69. The minimum atomic E-state index is -2.89. The van der Waals surface area contributed by atoms with Crippen LogP contribution in [0.4, 0.5) is 8.78 Å². The number of benzene rings is 2. The molecule has 1 unspecified atom stereocenters. The fourth-order valence-corrected chi connectivity index (χ4v) is 3.88. The predicted octanol–water partition coefficient (Wildman–Crippen LogP) is 3.34. The molecular formula is C23H24F2N4O3. The molecule has 1 N–H and O–H groups in total. The van der Waals surface area contributed by atoms with E-state index in [0.29, 0.717) is 32.4 Å². The van der Waals surface area contributed by atoms with Crippen molar-refractivity contribution < 1.29 is 23.1 Å². The Morgan fingerprint density at radius 1 is 1.19 bits per heavy atom. The highest BCUT2D eigenvalue weighted by atomic mass is 19.3. The molecule has 0 radical (unpaired) electrons. The lowest BCUT2D eigenvalue weighted by molar-refractivity contribution is -0.135. The number of fused-ring (bicyclic) bond motifs is 1. The summed E-state index contributed by atoms with van der Waals surface area (Å²) < 4.78 is 30.8. The quantitative estimate of drug-likeness (QED) is 0.516. The average Bonchev–Trinajstić information content (AvgIpc) is 3.35. The van der Waals surface area contributed by atoms with Gasteiger partial charge in [-0.3, -0.25) is 14.3 Å². The molecule has 1 saturated heterocycles. The lowest BCUT2D eigenvalue weighted by Gasteiger charge is -2.24. The first-order valence-electron chi connectivity index (χ1n) is 10.5.